The Labute approximate surface area is 138 Å². The lowest BCUT2D eigenvalue weighted by molar-refractivity contribution is -0.110. The number of allylic oxidation sites excluding steroid dienone is 1. The Balaban J connectivity index is 2.92. The summed E-state index contributed by atoms with van der Waals surface area (Å²) in [5.41, 5.74) is -0.516. The number of amides is 1. The molecule has 2 atom stereocenters. The maximum atomic E-state index is 12.5. The maximum absolute atomic E-state index is 12.5. The number of rotatable bonds is 4. The minimum atomic E-state index is -0.516. The molecule has 0 radical (unpaired) electrons. The van der Waals surface area contributed by atoms with Crippen LogP contribution in [0.2, 0.25) is 0 Å². The highest BCUT2D eigenvalue weighted by molar-refractivity contribution is 8.00. The van der Waals surface area contributed by atoms with Crippen molar-refractivity contribution in [3.05, 3.63) is 12.2 Å². The van der Waals surface area contributed by atoms with Crippen LogP contribution in [-0.2, 0) is 9.53 Å². The Morgan fingerprint density at radius 1 is 1.36 bits per heavy atom. The van der Waals surface area contributed by atoms with Gasteiger partial charge in [0.15, 0.2) is 0 Å². The first kappa shape index (κ1) is 19.1. The van der Waals surface area contributed by atoms with Crippen LogP contribution in [0.5, 0.6) is 0 Å². The lowest BCUT2D eigenvalue weighted by Crippen LogP contribution is -2.48. The van der Waals surface area contributed by atoms with Crippen molar-refractivity contribution < 1.29 is 14.3 Å². The molecule has 22 heavy (non-hydrogen) atoms. The van der Waals surface area contributed by atoms with Crippen LogP contribution in [0.1, 0.15) is 48.5 Å². The number of carbonyl (C=O) groups is 2. The van der Waals surface area contributed by atoms with E-state index in [1.54, 1.807) is 16.7 Å². The van der Waals surface area contributed by atoms with E-state index in [0.29, 0.717) is 0 Å². The van der Waals surface area contributed by atoms with Crippen LogP contribution >= 0.6 is 11.8 Å². The lowest BCUT2D eigenvalue weighted by atomic mass is 9.96. The molecule has 0 bridgehead atoms. The topological polar surface area (TPSA) is 46.6 Å². The summed E-state index contributed by atoms with van der Waals surface area (Å²) in [5.74, 6) is 0.951. The molecule has 0 N–H and O–H groups in total. The second-order valence-corrected chi connectivity index (χ2v) is 9.14. The quantitative estimate of drug-likeness (QED) is 0.576. The van der Waals surface area contributed by atoms with E-state index in [-0.39, 0.29) is 28.8 Å². The molecule has 5 heteroatoms. The average Bonchev–Trinajstić information content (AvgIpc) is 2.62. The summed E-state index contributed by atoms with van der Waals surface area (Å²) >= 11 is 1.72. The van der Waals surface area contributed by atoms with Crippen LogP contribution in [0.4, 0.5) is 4.79 Å². The van der Waals surface area contributed by atoms with E-state index in [0.717, 1.165) is 12.0 Å². The fourth-order valence-electron chi connectivity index (χ4n) is 2.32. The summed E-state index contributed by atoms with van der Waals surface area (Å²) in [4.78, 5) is 25.1. The van der Waals surface area contributed by atoms with Crippen LogP contribution in [0.15, 0.2) is 12.2 Å². The van der Waals surface area contributed by atoms with Crippen molar-refractivity contribution in [1.29, 1.82) is 0 Å². The van der Waals surface area contributed by atoms with Gasteiger partial charge in [0.25, 0.3) is 0 Å². The Morgan fingerprint density at radius 2 is 1.95 bits per heavy atom. The first-order chi connectivity index (χ1) is 9.98. The molecule has 0 aromatic heterocycles. The number of carbonyl (C=O) groups excluding carboxylic acids is 2. The molecule has 4 nitrogen and oxygen atoms in total. The van der Waals surface area contributed by atoms with Crippen molar-refractivity contribution in [1.82, 2.24) is 4.90 Å². The molecular weight excluding hydrogens is 298 g/mol. The van der Waals surface area contributed by atoms with Crippen LogP contribution in [0, 0.1) is 11.8 Å². The minimum absolute atomic E-state index is 0.0453. The maximum Gasteiger partial charge on any atom is 0.411 e. The molecule has 0 aliphatic carbocycles. The molecule has 0 aromatic carbocycles. The molecule has 1 amide bonds. The molecule has 1 rings (SSSR count). The van der Waals surface area contributed by atoms with Gasteiger partial charge >= 0.3 is 6.09 Å². The van der Waals surface area contributed by atoms with E-state index in [2.05, 4.69) is 0 Å². The van der Waals surface area contributed by atoms with E-state index in [1.807, 2.05) is 60.6 Å². The first-order valence-corrected chi connectivity index (χ1v) is 8.76. The molecule has 1 aliphatic heterocycles. The molecular formula is C17H29NO3S. The molecule has 1 saturated heterocycles. The van der Waals surface area contributed by atoms with Gasteiger partial charge < -0.3 is 9.53 Å². The van der Waals surface area contributed by atoms with Crippen molar-refractivity contribution in [2.45, 2.75) is 65.0 Å². The molecule has 1 heterocycles. The molecule has 0 aromatic rings. The van der Waals surface area contributed by atoms with Crippen molar-refractivity contribution in [2.24, 2.45) is 11.8 Å². The number of hydrogen-bond donors (Lipinski definition) is 0. The molecule has 0 spiro atoms. The zero-order valence-corrected chi connectivity index (χ0v) is 15.6. The average molecular weight is 327 g/mol. The van der Waals surface area contributed by atoms with Crippen LogP contribution in [-0.4, -0.2) is 39.5 Å². The van der Waals surface area contributed by atoms with Crippen LogP contribution in [0.3, 0.4) is 0 Å². The van der Waals surface area contributed by atoms with Gasteiger partial charge in [-0.1, -0.05) is 26.0 Å². The van der Waals surface area contributed by atoms with Gasteiger partial charge in [0.2, 0.25) is 0 Å². The smallest absolute Gasteiger partial charge is 0.411 e. The Morgan fingerprint density at radius 3 is 2.41 bits per heavy atom. The fourth-order valence-corrected chi connectivity index (χ4v) is 3.51. The van der Waals surface area contributed by atoms with Gasteiger partial charge in [-0.15, -0.1) is 11.8 Å². The van der Waals surface area contributed by atoms with Gasteiger partial charge in [0.1, 0.15) is 11.9 Å². The third-order valence-corrected chi connectivity index (χ3v) is 5.00. The van der Waals surface area contributed by atoms with Gasteiger partial charge in [0, 0.05) is 11.7 Å². The Bertz CT molecular complexity index is 438. The number of nitrogens with zero attached hydrogens (tertiary/aromatic N) is 1. The summed E-state index contributed by atoms with van der Waals surface area (Å²) in [5, 5.41) is 0. The summed E-state index contributed by atoms with van der Waals surface area (Å²) in [7, 11) is 0. The second-order valence-electron chi connectivity index (χ2n) is 7.52. The summed E-state index contributed by atoms with van der Waals surface area (Å²) < 4.78 is 5.54. The van der Waals surface area contributed by atoms with Crippen LogP contribution in [0.25, 0.3) is 0 Å². The number of aldehydes is 1. The van der Waals surface area contributed by atoms with Gasteiger partial charge in [-0.05, 0) is 40.5 Å². The van der Waals surface area contributed by atoms with Crippen molar-refractivity contribution in [3.63, 3.8) is 0 Å². The van der Waals surface area contributed by atoms with Gasteiger partial charge in [-0.25, -0.2) is 4.79 Å². The number of hydrogen-bond acceptors (Lipinski definition) is 4. The van der Waals surface area contributed by atoms with Crippen LogP contribution < -0.4 is 0 Å². The molecule has 1 aliphatic rings. The fraction of sp³-hybridized carbons (Fsp3) is 0.765. The van der Waals surface area contributed by atoms with Gasteiger partial charge in [-0.2, -0.15) is 0 Å². The minimum Gasteiger partial charge on any atom is -0.444 e. The Kier molecular flexibility index (Phi) is 6.13. The van der Waals surface area contributed by atoms with Crippen molar-refractivity contribution >= 4 is 24.1 Å². The second kappa shape index (κ2) is 7.07. The zero-order valence-electron chi connectivity index (χ0n) is 14.8. The first-order valence-electron chi connectivity index (χ1n) is 7.78. The van der Waals surface area contributed by atoms with Crippen molar-refractivity contribution in [3.8, 4) is 0 Å². The predicted molar refractivity (Wildman–Crippen MR) is 91.9 cm³/mol. The normalized spacial score (nSPS) is 23.1. The van der Waals surface area contributed by atoms with Gasteiger partial charge in [0.05, 0.1) is 10.9 Å². The van der Waals surface area contributed by atoms with E-state index < -0.39 is 5.60 Å². The summed E-state index contributed by atoms with van der Waals surface area (Å²) in [6, 6.07) is -0.0453. The standard InChI is InChI=1S/C17H29NO3S/c1-12(2)13(10-19)8-9-14-11-22-17(6,7)18(14)15(20)21-16(3,4)5/h8-10,12-14H,11H2,1-7H3/b9-8+/t13-,14-/m1/s1. The number of ether oxygens (including phenoxy) is 1. The van der Waals surface area contributed by atoms with Gasteiger partial charge in [-0.3, -0.25) is 4.90 Å². The van der Waals surface area contributed by atoms with E-state index in [9.17, 15) is 9.59 Å². The number of thioether (sulfide) groups is 1. The molecule has 126 valence electrons. The highest BCUT2D eigenvalue weighted by Crippen LogP contribution is 2.40. The highest BCUT2D eigenvalue weighted by Gasteiger charge is 2.44. The largest absolute Gasteiger partial charge is 0.444 e. The summed E-state index contributed by atoms with van der Waals surface area (Å²) in [6.07, 6.45) is 4.56. The zero-order chi connectivity index (χ0) is 17.1. The van der Waals surface area contributed by atoms with Crippen molar-refractivity contribution in [2.75, 3.05) is 5.75 Å². The molecule has 0 saturated carbocycles. The Hall–Kier alpha value is -0.970. The van der Waals surface area contributed by atoms with E-state index >= 15 is 0 Å². The third kappa shape index (κ3) is 5.04. The third-order valence-electron chi connectivity index (χ3n) is 3.59. The molecule has 0 unspecified atom stereocenters. The monoisotopic (exact) mass is 327 g/mol. The predicted octanol–water partition coefficient (Wildman–Crippen LogP) is 4.10. The lowest BCUT2D eigenvalue weighted by Gasteiger charge is -2.35. The molecule has 1 fully saturated rings. The SMILES string of the molecule is CC(C)[C@@H](C=O)/C=C/[C@@H]1CSC(C)(C)N1C(=O)OC(C)(C)C. The summed E-state index contributed by atoms with van der Waals surface area (Å²) in [6.45, 7) is 13.7. The van der Waals surface area contributed by atoms with E-state index in [1.165, 1.54) is 0 Å². The highest BCUT2D eigenvalue weighted by atomic mass is 32.2. The van der Waals surface area contributed by atoms with E-state index in [4.69, 9.17) is 4.74 Å².